The molecule has 132 valence electrons. The van der Waals surface area contributed by atoms with E-state index in [1.807, 2.05) is 19.9 Å². The lowest BCUT2D eigenvalue weighted by molar-refractivity contribution is 0.675. The number of hydrogen-bond acceptors (Lipinski definition) is 8. The molecule has 1 aliphatic heterocycles. The smallest absolute Gasteiger partial charge is 0.228 e. The van der Waals surface area contributed by atoms with Crippen molar-refractivity contribution >= 4 is 17.7 Å². The predicted octanol–water partition coefficient (Wildman–Crippen LogP) is 2.76. The van der Waals surface area contributed by atoms with Crippen molar-refractivity contribution < 1.29 is 0 Å². The third-order valence-corrected chi connectivity index (χ3v) is 4.32. The van der Waals surface area contributed by atoms with E-state index in [9.17, 15) is 0 Å². The van der Waals surface area contributed by atoms with Crippen LogP contribution in [0.25, 0.3) is 0 Å². The highest BCUT2D eigenvalue weighted by molar-refractivity contribution is 5.53. The quantitative estimate of drug-likeness (QED) is 0.769. The second-order valence-electron chi connectivity index (χ2n) is 6.29. The first kappa shape index (κ1) is 16.3. The molecule has 26 heavy (non-hydrogen) atoms. The highest BCUT2D eigenvalue weighted by Crippen LogP contribution is 2.36. The van der Waals surface area contributed by atoms with E-state index in [2.05, 4.69) is 40.1 Å². The van der Waals surface area contributed by atoms with E-state index in [0.717, 1.165) is 42.4 Å². The zero-order valence-corrected chi connectivity index (χ0v) is 14.8. The van der Waals surface area contributed by atoms with E-state index in [4.69, 9.17) is 0 Å². The molecule has 0 saturated carbocycles. The van der Waals surface area contributed by atoms with Crippen molar-refractivity contribution in [2.24, 2.45) is 0 Å². The Kier molecular flexibility index (Phi) is 4.39. The van der Waals surface area contributed by atoms with Gasteiger partial charge >= 0.3 is 0 Å². The molecule has 1 fully saturated rings. The van der Waals surface area contributed by atoms with Gasteiger partial charge in [0.2, 0.25) is 11.9 Å². The molecule has 0 aliphatic carbocycles. The summed E-state index contributed by atoms with van der Waals surface area (Å²) in [5, 5.41) is 3.18. The maximum atomic E-state index is 4.63. The summed E-state index contributed by atoms with van der Waals surface area (Å²) in [5.74, 6) is 1.92. The predicted molar refractivity (Wildman–Crippen MR) is 98.2 cm³/mol. The molecule has 1 N–H and O–H groups in total. The molecule has 3 aromatic heterocycles. The molecule has 8 heteroatoms. The summed E-state index contributed by atoms with van der Waals surface area (Å²) in [6.07, 6.45) is 8.79. The fraction of sp³-hybridized carbons (Fsp3) is 0.333. The van der Waals surface area contributed by atoms with Gasteiger partial charge in [-0.25, -0.2) is 24.9 Å². The molecule has 1 atom stereocenters. The fourth-order valence-electron chi connectivity index (χ4n) is 3.28. The number of aromatic nitrogens is 6. The lowest BCUT2D eigenvalue weighted by atomic mass is 10.1. The number of anilines is 3. The van der Waals surface area contributed by atoms with Gasteiger partial charge in [-0.15, -0.1) is 0 Å². The van der Waals surface area contributed by atoms with E-state index in [0.29, 0.717) is 11.8 Å². The van der Waals surface area contributed by atoms with Crippen molar-refractivity contribution in [1.29, 1.82) is 0 Å². The summed E-state index contributed by atoms with van der Waals surface area (Å²) in [5.41, 5.74) is 2.79. The van der Waals surface area contributed by atoms with Gasteiger partial charge in [-0.3, -0.25) is 4.98 Å². The maximum absolute atomic E-state index is 4.63. The largest absolute Gasteiger partial charge is 0.332 e. The van der Waals surface area contributed by atoms with Crippen LogP contribution in [0.5, 0.6) is 0 Å². The third kappa shape index (κ3) is 3.30. The Morgan fingerprint density at radius 2 is 1.69 bits per heavy atom. The van der Waals surface area contributed by atoms with E-state index in [-0.39, 0.29) is 6.04 Å². The second kappa shape index (κ2) is 6.99. The number of aryl methyl sites for hydroxylation is 2. The van der Waals surface area contributed by atoms with E-state index < -0.39 is 0 Å². The summed E-state index contributed by atoms with van der Waals surface area (Å²) in [6.45, 7) is 4.88. The molecule has 0 radical (unpaired) electrons. The van der Waals surface area contributed by atoms with Crippen LogP contribution in [0.2, 0.25) is 0 Å². The molecule has 8 nitrogen and oxygen atoms in total. The fourth-order valence-corrected chi connectivity index (χ4v) is 3.28. The van der Waals surface area contributed by atoms with E-state index in [1.165, 1.54) is 0 Å². The Hall–Kier alpha value is -3.16. The highest BCUT2D eigenvalue weighted by atomic mass is 15.3. The van der Waals surface area contributed by atoms with Gasteiger partial charge in [0.1, 0.15) is 5.69 Å². The van der Waals surface area contributed by atoms with Gasteiger partial charge in [-0.1, -0.05) is 0 Å². The van der Waals surface area contributed by atoms with Crippen molar-refractivity contribution in [3.63, 3.8) is 0 Å². The van der Waals surface area contributed by atoms with E-state index >= 15 is 0 Å². The number of hydrogen-bond donors (Lipinski definition) is 1. The summed E-state index contributed by atoms with van der Waals surface area (Å²) in [6, 6.07) is 3.83. The number of rotatable bonds is 4. The van der Waals surface area contributed by atoms with Crippen molar-refractivity contribution in [1.82, 2.24) is 29.9 Å². The average Bonchev–Trinajstić information content (AvgIpc) is 3.12. The second-order valence-corrected chi connectivity index (χ2v) is 6.29. The molecular formula is C18H20N8. The van der Waals surface area contributed by atoms with Crippen LogP contribution < -0.4 is 10.2 Å². The van der Waals surface area contributed by atoms with E-state index in [1.54, 1.807) is 30.9 Å². The molecule has 1 saturated heterocycles. The zero-order valence-electron chi connectivity index (χ0n) is 14.8. The Balaban J connectivity index is 1.68. The van der Waals surface area contributed by atoms with Crippen LogP contribution in [0.15, 0.2) is 36.9 Å². The minimum atomic E-state index is 0.0658. The van der Waals surface area contributed by atoms with Crippen LogP contribution in [0, 0.1) is 13.8 Å². The Labute approximate surface area is 151 Å². The minimum Gasteiger partial charge on any atom is -0.332 e. The van der Waals surface area contributed by atoms with Gasteiger partial charge < -0.3 is 10.2 Å². The summed E-state index contributed by atoms with van der Waals surface area (Å²) in [7, 11) is 0. The average molecular weight is 348 g/mol. The monoisotopic (exact) mass is 348 g/mol. The Bertz CT molecular complexity index is 878. The van der Waals surface area contributed by atoms with Gasteiger partial charge in [-0.2, -0.15) is 0 Å². The normalized spacial score (nSPS) is 16.7. The molecule has 0 amide bonds. The number of nitrogens with zero attached hydrogens (tertiary/aromatic N) is 7. The van der Waals surface area contributed by atoms with Gasteiger partial charge in [-0.05, 0) is 38.8 Å². The lowest BCUT2D eigenvalue weighted by Crippen LogP contribution is -2.26. The molecule has 4 heterocycles. The summed E-state index contributed by atoms with van der Waals surface area (Å²) >= 11 is 0. The van der Waals surface area contributed by atoms with Crippen LogP contribution in [-0.2, 0) is 0 Å². The first-order valence-corrected chi connectivity index (χ1v) is 8.64. The molecule has 1 aliphatic rings. The Morgan fingerprint density at radius 1 is 0.962 bits per heavy atom. The summed E-state index contributed by atoms with van der Waals surface area (Å²) < 4.78 is 0. The lowest BCUT2D eigenvalue weighted by Gasteiger charge is -2.25. The molecule has 4 rings (SSSR count). The van der Waals surface area contributed by atoms with Crippen molar-refractivity contribution in [3.05, 3.63) is 54.0 Å². The van der Waals surface area contributed by atoms with Crippen LogP contribution in [0.4, 0.5) is 17.7 Å². The molecule has 3 aromatic rings. The summed E-state index contributed by atoms with van der Waals surface area (Å²) in [4.78, 5) is 29.0. The minimum absolute atomic E-state index is 0.0658. The van der Waals surface area contributed by atoms with Crippen LogP contribution >= 0.6 is 0 Å². The standard InChI is InChI=1S/C18H20N8/c1-12-11-13(2)24-18(23-12)26-10-3-5-14(26)15-16(20-9-8-19-15)25-17-21-6-4-7-22-17/h4,6-9,11,14H,3,5,10H2,1-2H3,(H,20,21,22,25)/t14-/m0/s1. The molecule has 0 aromatic carbocycles. The first-order valence-electron chi connectivity index (χ1n) is 8.64. The maximum Gasteiger partial charge on any atom is 0.228 e. The van der Waals surface area contributed by atoms with Crippen molar-refractivity contribution in [3.8, 4) is 0 Å². The Morgan fingerprint density at radius 3 is 2.46 bits per heavy atom. The van der Waals surface area contributed by atoms with Crippen molar-refractivity contribution in [2.75, 3.05) is 16.8 Å². The molecule has 0 spiro atoms. The zero-order chi connectivity index (χ0) is 17.9. The first-order chi connectivity index (χ1) is 12.7. The van der Waals surface area contributed by atoms with Crippen LogP contribution in [0.1, 0.15) is 36.0 Å². The van der Waals surface area contributed by atoms with Gasteiger partial charge in [0.15, 0.2) is 5.82 Å². The highest BCUT2D eigenvalue weighted by Gasteiger charge is 2.31. The van der Waals surface area contributed by atoms with Crippen LogP contribution in [-0.4, -0.2) is 36.4 Å². The van der Waals surface area contributed by atoms with Crippen molar-refractivity contribution in [2.45, 2.75) is 32.7 Å². The number of nitrogens with one attached hydrogen (secondary N) is 1. The van der Waals surface area contributed by atoms with Gasteiger partial charge in [0, 0.05) is 42.7 Å². The third-order valence-electron chi connectivity index (χ3n) is 4.32. The molecule has 0 bridgehead atoms. The van der Waals surface area contributed by atoms with Crippen LogP contribution in [0.3, 0.4) is 0 Å². The molecule has 0 unspecified atom stereocenters. The van der Waals surface area contributed by atoms with Gasteiger partial charge in [0.25, 0.3) is 0 Å². The SMILES string of the molecule is Cc1cc(C)nc(N2CCC[C@H]2c2nccnc2Nc2ncccn2)n1. The molecular weight excluding hydrogens is 328 g/mol. The topological polar surface area (TPSA) is 92.6 Å². The van der Waals surface area contributed by atoms with Gasteiger partial charge in [0.05, 0.1) is 6.04 Å².